The summed E-state index contributed by atoms with van der Waals surface area (Å²) in [6.45, 7) is 3.46. The Morgan fingerprint density at radius 2 is 2.09 bits per heavy atom. The number of rotatable bonds is 4. The van der Waals surface area contributed by atoms with Gasteiger partial charge in [-0.3, -0.25) is 9.59 Å². The quantitative estimate of drug-likeness (QED) is 0.847. The normalized spacial score (nSPS) is 21.3. The number of amides is 2. The van der Waals surface area contributed by atoms with Crippen LogP contribution < -0.4 is 10.2 Å². The minimum atomic E-state index is -0.385. The molecule has 7 heteroatoms. The van der Waals surface area contributed by atoms with Crippen LogP contribution in [-0.4, -0.2) is 67.1 Å². The Balaban J connectivity index is 1.42. The molecule has 0 unspecified atom stereocenters. The Bertz CT molecular complexity index is 538. The summed E-state index contributed by atoms with van der Waals surface area (Å²) in [5, 5.41) is 2.68. The van der Waals surface area contributed by atoms with E-state index in [9.17, 15) is 9.59 Å². The van der Waals surface area contributed by atoms with Gasteiger partial charge < -0.3 is 19.9 Å². The molecule has 0 aromatic carbocycles. The molecule has 1 aromatic heterocycles. The number of piperazine rings is 1. The van der Waals surface area contributed by atoms with Gasteiger partial charge in [0, 0.05) is 39.0 Å². The van der Waals surface area contributed by atoms with Crippen molar-refractivity contribution in [1.29, 1.82) is 0 Å². The largest absolute Gasteiger partial charge is 0.368 e. The van der Waals surface area contributed by atoms with E-state index in [1.807, 2.05) is 18.2 Å². The first kappa shape index (κ1) is 15.7. The van der Waals surface area contributed by atoms with Crippen molar-refractivity contribution in [2.24, 2.45) is 0 Å². The van der Waals surface area contributed by atoms with E-state index in [4.69, 9.17) is 4.74 Å². The predicted molar refractivity (Wildman–Crippen MR) is 85.0 cm³/mol. The van der Waals surface area contributed by atoms with Crippen molar-refractivity contribution < 1.29 is 14.3 Å². The summed E-state index contributed by atoms with van der Waals surface area (Å²) in [6.07, 6.45) is 3.03. The summed E-state index contributed by atoms with van der Waals surface area (Å²) in [5.41, 5.74) is 0. The van der Waals surface area contributed by atoms with Gasteiger partial charge in [0.1, 0.15) is 11.9 Å². The first-order valence-electron chi connectivity index (χ1n) is 8.07. The zero-order valence-corrected chi connectivity index (χ0v) is 13.1. The molecule has 1 aromatic rings. The van der Waals surface area contributed by atoms with Crippen LogP contribution in [0.3, 0.4) is 0 Å². The molecule has 1 atom stereocenters. The van der Waals surface area contributed by atoms with E-state index in [0.29, 0.717) is 19.7 Å². The fourth-order valence-corrected chi connectivity index (χ4v) is 2.90. The van der Waals surface area contributed by atoms with Crippen LogP contribution in [0.4, 0.5) is 5.82 Å². The van der Waals surface area contributed by atoms with Crippen molar-refractivity contribution >= 4 is 17.6 Å². The molecule has 23 heavy (non-hydrogen) atoms. The van der Waals surface area contributed by atoms with E-state index in [2.05, 4.69) is 15.2 Å². The second-order valence-electron chi connectivity index (χ2n) is 5.78. The minimum Gasteiger partial charge on any atom is -0.368 e. The molecule has 0 aliphatic carbocycles. The lowest BCUT2D eigenvalue weighted by molar-refractivity contribution is -0.136. The highest BCUT2D eigenvalue weighted by atomic mass is 16.5. The van der Waals surface area contributed by atoms with Gasteiger partial charge in [0.15, 0.2) is 0 Å². The second kappa shape index (κ2) is 7.41. The number of ether oxygens (including phenoxy) is 1. The highest BCUT2D eigenvalue weighted by Gasteiger charge is 2.25. The van der Waals surface area contributed by atoms with Crippen molar-refractivity contribution in [2.75, 3.05) is 44.2 Å². The molecule has 3 heterocycles. The molecule has 2 saturated heterocycles. The van der Waals surface area contributed by atoms with Gasteiger partial charge >= 0.3 is 0 Å². The van der Waals surface area contributed by atoms with Gasteiger partial charge in [0.05, 0.1) is 6.54 Å². The van der Waals surface area contributed by atoms with Crippen LogP contribution in [0, 0.1) is 0 Å². The number of nitrogens with zero attached hydrogens (tertiary/aromatic N) is 3. The predicted octanol–water partition coefficient (Wildman–Crippen LogP) is 0.0254. The Morgan fingerprint density at radius 1 is 1.26 bits per heavy atom. The van der Waals surface area contributed by atoms with Crippen molar-refractivity contribution in [3.63, 3.8) is 0 Å². The second-order valence-corrected chi connectivity index (χ2v) is 5.78. The van der Waals surface area contributed by atoms with Crippen molar-refractivity contribution in [3.05, 3.63) is 24.4 Å². The zero-order chi connectivity index (χ0) is 16.1. The van der Waals surface area contributed by atoms with Gasteiger partial charge in [-0.05, 0) is 25.0 Å². The number of carbonyl (C=O) groups is 2. The Hall–Kier alpha value is -2.15. The number of hydrogen-bond acceptors (Lipinski definition) is 5. The van der Waals surface area contributed by atoms with Crippen molar-refractivity contribution in [2.45, 2.75) is 18.9 Å². The minimum absolute atomic E-state index is 0.0439. The number of aromatic nitrogens is 1. The van der Waals surface area contributed by atoms with Crippen LogP contribution in [0.25, 0.3) is 0 Å². The van der Waals surface area contributed by atoms with E-state index < -0.39 is 0 Å². The third-order valence-electron chi connectivity index (χ3n) is 4.24. The van der Waals surface area contributed by atoms with E-state index in [1.165, 1.54) is 0 Å². The molecule has 2 aliphatic rings. The molecule has 3 rings (SSSR count). The monoisotopic (exact) mass is 318 g/mol. The van der Waals surface area contributed by atoms with Gasteiger partial charge in [-0.2, -0.15) is 0 Å². The van der Waals surface area contributed by atoms with E-state index in [1.54, 1.807) is 11.1 Å². The van der Waals surface area contributed by atoms with Gasteiger partial charge in [0.2, 0.25) is 11.8 Å². The summed E-state index contributed by atoms with van der Waals surface area (Å²) in [6, 6.07) is 5.82. The third-order valence-corrected chi connectivity index (χ3v) is 4.24. The van der Waals surface area contributed by atoms with E-state index in [-0.39, 0.29) is 24.5 Å². The van der Waals surface area contributed by atoms with Crippen molar-refractivity contribution in [1.82, 2.24) is 15.2 Å². The fraction of sp³-hybridized carbons (Fsp3) is 0.562. The number of carbonyl (C=O) groups excluding carboxylic acids is 2. The van der Waals surface area contributed by atoms with Crippen LogP contribution in [0.1, 0.15) is 12.8 Å². The molecule has 0 radical (unpaired) electrons. The molecule has 0 bridgehead atoms. The van der Waals surface area contributed by atoms with Crippen LogP contribution in [0.15, 0.2) is 24.4 Å². The third kappa shape index (κ3) is 3.98. The Kier molecular flexibility index (Phi) is 5.07. The standard InChI is InChI=1S/C16H22N4O3/c21-15(12-18-16(22)13-4-3-11-23-13)20-9-7-19(8-10-20)14-5-1-2-6-17-14/h1-2,5-6,13H,3-4,7-12H2,(H,18,22)/t13-/m0/s1. The zero-order valence-electron chi connectivity index (χ0n) is 13.1. The van der Waals surface area contributed by atoms with Crippen LogP contribution in [-0.2, 0) is 14.3 Å². The number of nitrogens with one attached hydrogen (secondary N) is 1. The van der Waals surface area contributed by atoms with Gasteiger partial charge in [0.25, 0.3) is 0 Å². The van der Waals surface area contributed by atoms with Gasteiger partial charge in [-0.25, -0.2) is 4.98 Å². The average Bonchev–Trinajstić information content (AvgIpc) is 3.15. The molecule has 2 fully saturated rings. The maximum Gasteiger partial charge on any atom is 0.249 e. The topological polar surface area (TPSA) is 74.8 Å². The maximum atomic E-state index is 12.2. The molecule has 7 nitrogen and oxygen atoms in total. The summed E-state index contributed by atoms with van der Waals surface area (Å²) in [7, 11) is 0. The van der Waals surface area contributed by atoms with E-state index in [0.717, 1.165) is 31.7 Å². The maximum absolute atomic E-state index is 12.2. The summed E-state index contributed by atoms with van der Waals surface area (Å²) >= 11 is 0. The molecular weight excluding hydrogens is 296 g/mol. The molecule has 2 aliphatic heterocycles. The summed E-state index contributed by atoms with van der Waals surface area (Å²) in [5.74, 6) is 0.714. The van der Waals surface area contributed by atoms with Crippen molar-refractivity contribution in [3.8, 4) is 0 Å². The van der Waals surface area contributed by atoms with Crippen LogP contribution in [0.2, 0.25) is 0 Å². The average molecular weight is 318 g/mol. The fourth-order valence-electron chi connectivity index (χ4n) is 2.90. The van der Waals surface area contributed by atoms with Gasteiger partial charge in [-0.1, -0.05) is 6.07 Å². The Labute approximate surface area is 135 Å². The number of hydrogen-bond donors (Lipinski definition) is 1. The molecule has 0 saturated carbocycles. The molecule has 2 amide bonds. The summed E-state index contributed by atoms with van der Waals surface area (Å²) in [4.78, 5) is 32.3. The SMILES string of the molecule is O=C(NCC(=O)N1CCN(c2ccccn2)CC1)[C@@H]1CCCO1. The molecule has 1 N–H and O–H groups in total. The lowest BCUT2D eigenvalue weighted by atomic mass is 10.2. The lowest BCUT2D eigenvalue weighted by Gasteiger charge is -2.35. The van der Waals surface area contributed by atoms with Crippen LogP contribution in [0.5, 0.6) is 0 Å². The highest BCUT2D eigenvalue weighted by Crippen LogP contribution is 2.13. The first-order valence-corrected chi connectivity index (χ1v) is 8.07. The number of pyridine rings is 1. The molecule has 0 spiro atoms. The van der Waals surface area contributed by atoms with E-state index >= 15 is 0 Å². The Morgan fingerprint density at radius 3 is 2.74 bits per heavy atom. The molecule has 124 valence electrons. The lowest BCUT2D eigenvalue weighted by Crippen LogP contribution is -2.52. The first-order chi connectivity index (χ1) is 11.2. The molecular formula is C16H22N4O3. The highest BCUT2D eigenvalue weighted by molar-refractivity contribution is 5.87. The van der Waals surface area contributed by atoms with Gasteiger partial charge in [-0.15, -0.1) is 0 Å². The van der Waals surface area contributed by atoms with Crippen LogP contribution >= 0.6 is 0 Å². The number of anilines is 1. The smallest absolute Gasteiger partial charge is 0.249 e. The summed E-state index contributed by atoms with van der Waals surface area (Å²) < 4.78 is 5.31.